The number of piperidine rings is 2. The van der Waals surface area contributed by atoms with E-state index >= 15 is 0 Å². The molecule has 34 heavy (non-hydrogen) atoms. The number of benzene rings is 2. The van der Waals surface area contributed by atoms with Crippen LogP contribution in [-0.2, 0) is 0 Å². The van der Waals surface area contributed by atoms with Gasteiger partial charge < -0.3 is 11.1 Å². The van der Waals surface area contributed by atoms with Crippen LogP contribution in [0.1, 0.15) is 76.6 Å². The quantitative estimate of drug-likeness (QED) is 0.499. The molecule has 4 rings (SSSR count). The van der Waals surface area contributed by atoms with Crippen molar-refractivity contribution in [2.24, 2.45) is 17.6 Å². The molecule has 2 aliphatic rings. The second-order valence-electron chi connectivity index (χ2n) is 11.1. The van der Waals surface area contributed by atoms with E-state index in [-0.39, 0.29) is 0 Å². The Morgan fingerprint density at radius 2 is 1.29 bits per heavy atom. The third-order valence-electron chi connectivity index (χ3n) is 8.24. The number of nitrogens with one attached hydrogen (secondary N) is 1. The lowest BCUT2D eigenvalue weighted by atomic mass is 9.86. The predicted octanol–water partition coefficient (Wildman–Crippen LogP) is 6.08. The van der Waals surface area contributed by atoms with Crippen molar-refractivity contribution in [3.63, 3.8) is 0 Å². The molecule has 4 nitrogen and oxygen atoms in total. The number of anilines is 1. The standard InChI is InChI=1S/C30H46N4/c1-22(2)33-16-14-24(20-31)18-29(33)27-10-12-28(13-11-27)32-21-25-15-17-34(23(3)4)30(19-25)26-8-6-5-7-9-26/h5-13,22-25,29-30,32H,14-21,31H2,1-4H3/t24-,25+,29-,30+/m1/s1. The first kappa shape index (κ1) is 25.2. The minimum atomic E-state index is 0.489. The molecule has 0 radical (unpaired) electrons. The summed E-state index contributed by atoms with van der Waals surface area (Å²) in [5, 5.41) is 3.76. The van der Waals surface area contributed by atoms with Crippen LogP contribution >= 0.6 is 0 Å². The molecule has 2 aliphatic heterocycles. The molecule has 3 N–H and O–H groups in total. The van der Waals surface area contributed by atoms with Gasteiger partial charge in [0.1, 0.15) is 0 Å². The predicted molar refractivity (Wildman–Crippen MR) is 145 cm³/mol. The molecule has 4 atom stereocenters. The Labute approximate surface area is 207 Å². The molecule has 0 aromatic heterocycles. The van der Waals surface area contributed by atoms with Gasteiger partial charge in [-0.05, 0) is 108 Å². The Morgan fingerprint density at radius 1 is 0.765 bits per heavy atom. The van der Waals surface area contributed by atoms with Crippen LogP contribution in [0.2, 0.25) is 0 Å². The maximum Gasteiger partial charge on any atom is 0.0354 e. The molecule has 0 amide bonds. The van der Waals surface area contributed by atoms with Crippen LogP contribution < -0.4 is 11.1 Å². The number of rotatable bonds is 8. The van der Waals surface area contributed by atoms with Gasteiger partial charge in [-0.2, -0.15) is 0 Å². The highest BCUT2D eigenvalue weighted by Crippen LogP contribution is 2.37. The third-order valence-corrected chi connectivity index (χ3v) is 8.24. The van der Waals surface area contributed by atoms with Gasteiger partial charge in [0.15, 0.2) is 0 Å². The van der Waals surface area contributed by atoms with E-state index in [1.165, 1.54) is 49.0 Å². The summed E-state index contributed by atoms with van der Waals surface area (Å²) < 4.78 is 0. The number of hydrogen-bond donors (Lipinski definition) is 2. The Bertz CT molecular complexity index is 863. The highest BCUT2D eigenvalue weighted by Gasteiger charge is 2.32. The second-order valence-corrected chi connectivity index (χ2v) is 11.1. The van der Waals surface area contributed by atoms with Crippen LogP contribution in [0.15, 0.2) is 54.6 Å². The van der Waals surface area contributed by atoms with Gasteiger partial charge in [-0.3, -0.25) is 9.80 Å². The number of nitrogens with zero attached hydrogens (tertiary/aromatic N) is 2. The highest BCUT2D eigenvalue weighted by molar-refractivity contribution is 5.45. The van der Waals surface area contributed by atoms with E-state index in [9.17, 15) is 0 Å². The summed E-state index contributed by atoms with van der Waals surface area (Å²) in [5.74, 6) is 1.34. The summed E-state index contributed by atoms with van der Waals surface area (Å²) in [4.78, 5) is 5.33. The van der Waals surface area contributed by atoms with E-state index in [2.05, 4.69) is 97.4 Å². The van der Waals surface area contributed by atoms with Crippen molar-refractivity contribution in [3.8, 4) is 0 Å². The molecule has 2 saturated heterocycles. The van der Waals surface area contributed by atoms with Crippen LogP contribution in [0.25, 0.3) is 0 Å². The van der Waals surface area contributed by atoms with Gasteiger partial charge >= 0.3 is 0 Å². The number of likely N-dealkylation sites (tertiary alicyclic amines) is 2. The van der Waals surface area contributed by atoms with Crippen molar-refractivity contribution in [2.45, 2.75) is 77.5 Å². The Kier molecular flexibility index (Phi) is 8.68. The zero-order valence-electron chi connectivity index (χ0n) is 21.8. The van der Waals surface area contributed by atoms with Crippen molar-refractivity contribution in [1.29, 1.82) is 0 Å². The molecule has 186 valence electrons. The maximum atomic E-state index is 6.04. The minimum absolute atomic E-state index is 0.489. The Morgan fingerprint density at radius 3 is 1.85 bits per heavy atom. The average molecular weight is 463 g/mol. The highest BCUT2D eigenvalue weighted by atomic mass is 15.2. The van der Waals surface area contributed by atoms with Gasteiger partial charge in [0.05, 0.1) is 0 Å². The monoisotopic (exact) mass is 462 g/mol. The zero-order chi connectivity index (χ0) is 24.1. The molecule has 0 saturated carbocycles. The summed E-state index contributed by atoms with van der Waals surface area (Å²) in [6.45, 7) is 13.5. The van der Waals surface area contributed by atoms with E-state index in [1.54, 1.807) is 0 Å². The fourth-order valence-electron chi connectivity index (χ4n) is 6.16. The first-order valence-corrected chi connectivity index (χ1v) is 13.6. The lowest BCUT2D eigenvalue weighted by Crippen LogP contribution is -2.42. The van der Waals surface area contributed by atoms with Gasteiger partial charge in [0, 0.05) is 36.4 Å². The first-order chi connectivity index (χ1) is 16.5. The van der Waals surface area contributed by atoms with Crippen LogP contribution in [0.4, 0.5) is 5.69 Å². The summed E-state index contributed by atoms with van der Waals surface area (Å²) in [6.07, 6.45) is 4.89. The fourth-order valence-corrected chi connectivity index (χ4v) is 6.16. The van der Waals surface area contributed by atoms with Crippen LogP contribution in [0.5, 0.6) is 0 Å². The van der Waals surface area contributed by atoms with Crippen molar-refractivity contribution in [1.82, 2.24) is 9.80 Å². The molecule has 0 unspecified atom stereocenters. The molecule has 2 heterocycles. The van der Waals surface area contributed by atoms with Gasteiger partial charge in [0.25, 0.3) is 0 Å². The van der Waals surface area contributed by atoms with Crippen molar-refractivity contribution < 1.29 is 0 Å². The van der Waals surface area contributed by atoms with Crippen molar-refractivity contribution in [2.75, 3.05) is 31.5 Å². The van der Waals surface area contributed by atoms with Crippen LogP contribution in [0.3, 0.4) is 0 Å². The molecular weight excluding hydrogens is 416 g/mol. The average Bonchev–Trinajstić information content (AvgIpc) is 2.87. The topological polar surface area (TPSA) is 44.5 Å². The lowest BCUT2D eigenvalue weighted by molar-refractivity contribution is 0.0833. The van der Waals surface area contributed by atoms with E-state index in [1.807, 2.05) is 0 Å². The van der Waals surface area contributed by atoms with Crippen LogP contribution in [-0.4, -0.2) is 48.1 Å². The first-order valence-electron chi connectivity index (χ1n) is 13.6. The van der Waals surface area contributed by atoms with Gasteiger partial charge in [-0.15, -0.1) is 0 Å². The normalized spacial score (nSPS) is 26.8. The van der Waals surface area contributed by atoms with E-state index < -0.39 is 0 Å². The molecule has 0 bridgehead atoms. The second kappa shape index (κ2) is 11.7. The number of hydrogen-bond acceptors (Lipinski definition) is 4. The molecular formula is C30H46N4. The van der Waals surface area contributed by atoms with Gasteiger partial charge in [0.2, 0.25) is 0 Å². The Balaban J connectivity index is 1.37. The summed E-state index contributed by atoms with van der Waals surface area (Å²) in [5.41, 5.74) is 10.2. The summed E-state index contributed by atoms with van der Waals surface area (Å²) >= 11 is 0. The van der Waals surface area contributed by atoms with Gasteiger partial charge in [-0.25, -0.2) is 0 Å². The molecule has 2 aromatic rings. The van der Waals surface area contributed by atoms with E-state index in [0.717, 1.165) is 19.6 Å². The number of nitrogens with two attached hydrogens (primary N) is 1. The summed E-state index contributed by atoms with van der Waals surface area (Å²) in [7, 11) is 0. The minimum Gasteiger partial charge on any atom is -0.385 e. The Hall–Kier alpha value is -1.88. The largest absolute Gasteiger partial charge is 0.385 e. The SMILES string of the molecule is CC(C)N1CC[C@@H](CN)C[C@@H]1c1ccc(NC[C@H]2CCN(C(C)C)[C@H](c3ccccc3)C2)cc1. The van der Waals surface area contributed by atoms with Crippen LogP contribution in [0, 0.1) is 11.8 Å². The molecule has 2 aromatic carbocycles. The van der Waals surface area contributed by atoms with E-state index in [4.69, 9.17) is 5.73 Å². The van der Waals surface area contributed by atoms with E-state index in [0.29, 0.717) is 36.0 Å². The fraction of sp³-hybridized carbons (Fsp3) is 0.600. The summed E-state index contributed by atoms with van der Waals surface area (Å²) in [6, 6.07) is 22.5. The molecule has 0 spiro atoms. The molecule has 4 heteroatoms. The van der Waals surface area contributed by atoms with Crippen molar-refractivity contribution >= 4 is 5.69 Å². The zero-order valence-corrected chi connectivity index (χ0v) is 21.8. The maximum absolute atomic E-state index is 6.04. The molecule has 0 aliphatic carbocycles. The smallest absolute Gasteiger partial charge is 0.0354 e. The van der Waals surface area contributed by atoms with Gasteiger partial charge in [-0.1, -0.05) is 42.5 Å². The lowest BCUT2D eigenvalue weighted by Gasteiger charge is -2.42. The molecule has 2 fully saturated rings. The third kappa shape index (κ3) is 6.02. The van der Waals surface area contributed by atoms with Crippen molar-refractivity contribution in [3.05, 3.63) is 65.7 Å².